The third-order valence-corrected chi connectivity index (χ3v) is 2.40. The molecule has 0 fully saturated rings. The Hall–Kier alpha value is -0.590. The van der Waals surface area contributed by atoms with Crippen LogP contribution < -0.4 is 0 Å². The highest BCUT2D eigenvalue weighted by atomic mass is 14.8. The van der Waals surface area contributed by atoms with Crippen molar-refractivity contribution in [3.63, 3.8) is 0 Å². The maximum Gasteiger partial charge on any atom is 0.0385 e. The van der Waals surface area contributed by atoms with Crippen LogP contribution in [-0.2, 0) is 0 Å². The van der Waals surface area contributed by atoms with Crippen LogP contribution in [0.25, 0.3) is 0 Å². The number of rotatable bonds is 6. The lowest BCUT2D eigenvalue weighted by molar-refractivity contribution is 0.749. The Kier molecular flexibility index (Phi) is 7.45. The van der Waals surface area contributed by atoms with Gasteiger partial charge < -0.3 is 0 Å². The van der Waals surface area contributed by atoms with Gasteiger partial charge in [-0.2, -0.15) is 0 Å². The summed E-state index contributed by atoms with van der Waals surface area (Å²) in [7, 11) is 0. The molecule has 0 N–H and O–H groups in total. The molecule has 0 saturated carbocycles. The molecule has 0 aromatic heterocycles. The number of hydrogen-bond donors (Lipinski definition) is 0. The second kappa shape index (κ2) is 7.78. The van der Waals surface area contributed by atoms with Crippen LogP contribution in [0.15, 0.2) is 16.8 Å². The molecule has 0 radical (unpaired) electrons. The fourth-order valence-electron chi connectivity index (χ4n) is 1.40. The van der Waals surface area contributed by atoms with Crippen LogP contribution in [0.1, 0.15) is 60.3 Å². The largest absolute Gasteiger partial charge is 0.262 e. The van der Waals surface area contributed by atoms with Gasteiger partial charge in [0, 0.05) is 11.4 Å². The second-order valence-corrected chi connectivity index (χ2v) is 4.00. The minimum Gasteiger partial charge on any atom is -0.262 e. The molecular weight excluding hydrogens is 170 g/mol. The van der Waals surface area contributed by atoms with Gasteiger partial charge in [0.15, 0.2) is 0 Å². The average molecular weight is 195 g/mol. The van der Waals surface area contributed by atoms with Crippen molar-refractivity contribution in [2.24, 2.45) is 10.9 Å². The minimum absolute atomic E-state index is 0.545. The topological polar surface area (TPSA) is 12.4 Å². The van der Waals surface area contributed by atoms with E-state index in [-0.39, 0.29) is 0 Å². The third-order valence-electron chi connectivity index (χ3n) is 2.40. The van der Waals surface area contributed by atoms with E-state index in [1.165, 1.54) is 24.3 Å². The SMILES string of the molecule is C/C=C(\N=C(CC)CCCC)C(C)C. The van der Waals surface area contributed by atoms with Crippen molar-refractivity contribution in [3.05, 3.63) is 11.8 Å². The Morgan fingerprint density at radius 1 is 1.29 bits per heavy atom. The molecule has 0 spiro atoms. The van der Waals surface area contributed by atoms with Crippen molar-refractivity contribution in [2.45, 2.75) is 60.3 Å². The third kappa shape index (κ3) is 5.21. The van der Waals surface area contributed by atoms with Crippen LogP contribution in [-0.4, -0.2) is 5.71 Å². The van der Waals surface area contributed by atoms with Crippen molar-refractivity contribution in [3.8, 4) is 0 Å². The molecule has 0 saturated heterocycles. The molecule has 0 aliphatic rings. The standard InChI is InChI=1S/C13H25N/c1-6-9-10-12(7-2)14-13(8-3)11(4)5/h8,11H,6-7,9-10H2,1-5H3/b13-8-,14-12?. The first-order chi connectivity index (χ1) is 6.65. The lowest BCUT2D eigenvalue weighted by atomic mass is 10.1. The highest BCUT2D eigenvalue weighted by molar-refractivity contribution is 5.85. The zero-order valence-electron chi connectivity index (χ0n) is 10.4. The molecule has 0 aliphatic heterocycles. The number of nitrogens with zero attached hydrogens (tertiary/aromatic N) is 1. The van der Waals surface area contributed by atoms with Crippen LogP contribution in [0, 0.1) is 5.92 Å². The molecule has 82 valence electrons. The van der Waals surface area contributed by atoms with Gasteiger partial charge in [0.25, 0.3) is 0 Å². The van der Waals surface area contributed by atoms with Crippen molar-refractivity contribution >= 4 is 5.71 Å². The van der Waals surface area contributed by atoms with Crippen molar-refractivity contribution in [2.75, 3.05) is 0 Å². The Morgan fingerprint density at radius 3 is 2.29 bits per heavy atom. The van der Waals surface area contributed by atoms with Gasteiger partial charge in [-0.3, -0.25) is 4.99 Å². The zero-order chi connectivity index (χ0) is 11.0. The van der Waals surface area contributed by atoms with Gasteiger partial charge in [0.1, 0.15) is 0 Å². The fourth-order valence-corrected chi connectivity index (χ4v) is 1.40. The predicted octanol–water partition coefficient (Wildman–Crippen LogP) is 4.59. The minimum atomic E-state index is 0.545. The fraction of sp³-hybridized carbons (Fsp3) is 0.769. The van der Waals surface area contributed by atoms with Gasteiger partial charge in [-0.25, -0.2) is 0 Å². The molecule has 0 aliphatic carbocycles. The molecule has 1 nitrogen and oxygen atoms in total. The summed E-state index contributed by atoms with van der Waals surface area (Å²) in [6.45, 7) is 10.9. The maximum absolute atomic E-state index is 4.73. The van der Waals surface area contributed by atoms with E-state index < -0.39 is 0 Å². The Labute approximate surface area is 89.3 Å². The quantitative estimate of drug-likeness (QED) is 0.550. The van der Waals surface area contributed by atoms with E-state index in [1.807, 2.05) is 0 Å². The summed E-state index contributed by atoms with van der Waals surface area (Å²) in [4.78, 5) is 4.73. The molecular formula is C13H25N. The molecule has 0 bridgehead atoms. The van der Waals surface area contributed by atoms with Crippen LogP contribution in [0.5, 0.6) is 0 Å². The molecule has 0 aromatic carbocycles. The van der Waals surface area contributed by atoms with Gasteiger partial charge in [-0.1, -0.05) is 40.2 Å². The normalized spacial score (nSPS) is 13.9. The molecule has 14 heavy (non-hydrogen) atoms. The van der Waals surface area contributed by atoms with Crippen LogP contribution in [0.2, 0.25) is 0 Å². The van der Waals surface area contributed by atoms with Crippen molar-refractivity contribution in [1.82, 2.24) is 0 Å². The van der Waals surface area contributed by atoms with Crippen LogP contribution in [0.4, 0.5) is 0 Å². The van der Waals surface area contributed by atoms with Gasteiger partial charge in [-0.15, -0.1) is 0 Å². The number of unbranched alkanes of at least 4 members (excludes halogenated alkanes) is 1. The Morgan fingerprint density at radius 2 is 1.93 bits per heavy atom. The summed E-state index contributed by atoms with van der Waals surface area (Å²) < 4.78 is 0. The first-order valence-corrected chi connectivity index (χ1v) is 5.88. The molecule has 0 heterocycles. The number of hydrogen-bond acceptors (Lipinski definition) is 1. The first-order valence-electron chi connectivity index (χ1n) is 5.88. The van der Waals surface area contributed by atoms with Gasteiger partial charge in [0.2, 0.25) is 0 Å². The van der Waals surface area contributed by atoms with E-state index >= 15 is 0 Å². The predicted molar refractivity (Wildman–Crippen MR) is 65.8 cm³/mol. The summed E-state index contributed by atoms with van der Waals surface area (Å²) in [5.74, 6) is 0.545. The summed E-state index contributed by atoms with van der Waals surface area (Å²) in [5.41, 5.74) is 2.59. The monoisotopic (exact) mass is 195 g/mol. The molecule has 1 heteroatoms. The lowest BCUT2D eigenvalue weighted by Gasteiger charge is -2.08. The highest BCUT2D eigenvalue weighted by Crippen LogP contribution is 2.13. The van der Waals surface area contributed by atoms with E-state index in [0.29, 0.717) is 5.92 Å². The van der Waals surface area contributed by atoms with E-state index in [4.69, 9.17) is 4.99 Å². The average Bonchev–Trinajstić information content (AvgIpc) is 2.18. The lowest BCUT2D eigenvalue weighted by Crippen LogP contribution is -2.00. The number of aliphatic imine (C=N–C) groups is 1. The van der Waals surface area contributed by atoms with Gasteiger partial charge in [-0.05, 0) is 32.1 Å². The molecule has 0 aromatic rings. The van der Waals surface area contributed by atoms with E-state index in [2.05, 4.69) is 40.7 Å². The summed E-state index contributed by atoms with van der Waals surface area (Å²) in [5, 5.41) is 0. The van der Waals surface area contributed by atoms with Gasteiger partial charge >= 0.3 is 0 Å². The molecule has 0 amide bonds. The molecule has 0 unspecified atom stereocenters. The zero-order valence-corrected chi connectivity index (χ0v) is 10.4. The summed E-state index contributed by atoms with van der Waals surface area (Å²) >= 11 is 0. The van der Waals surface area contributed by atoms with Gasteiger partial charge in [0.05, 0.1) is 0 Å². The molecule has 0 atom stereocenters. The smallest absolute Gasteiger partial charge is 0.0385 e. The van der Waals surface area contributed by atoms with Crippen molar-refractivity contribution < 1.29 is 0 Å². The maximum atomic E-state index is 4.73. The van der Waals surface area contributed by atoms with E-state index in [9.17, 15) is 0 Å². The highest BCUT2D eigenvalue weighted by Gasteiger charge is 2.02. The second-order valence-electron chi connectivity index (χ2n) is 4.00. The number of allylic oxidation sites excluding steroid dienone is 2. The van der Waals surface area contributed by atoms with Crippen LogP contribution >= 0.6 is 0 Å². The van der Waals surface area contributed by atoms with Crippen LogP contribution in [0.3, 0.4) is 0 Å². The summed E-state index contributed by atoms with van der Waals surface area (Å²) in [6.07, 6.45) is 6.90. The van der Waals surface area contributed by atoms with E-state index in [0.717, 1.165) is 12.8 Å². The first kappa shape index (κ1) is 13.4. The molecule has 0 rings (SSSR count). The summed E-state index contributed by atoms with van der Waals surface area (Å²) in [6, 6.07) is 0. The van der Waals surface area contributed by atoms with Crippen molar-refractivity contribution in [1.29, 1.82) is 0 Å². The Bertz CT molecular complexity index is 199. The Balaban J connectivity index is 4.40. The van der Waals surface area contributed by atoms with E-state index in [1.54, 1.807) is 0 Å².